The zero-order valence-electron chi connectivity index (χ0n) is 11.1. The number of hydrogen-bond donors (Lipinski definition) is 0. The van der Waals surface area contributed by atoms with E-state index in [0.717, 1.165) is 23.7 Å². The van der Waals surface area contributed by atoms with Crippen molar-refractivity contribution in [3.63, 3.8) is 0 Å². The Balaban J connectivity index is 0.000000120. The van der Waals surface area contributed by atoms with Crippen molar-refractivity contribution in [2.24, 2.45) is 23.7 Å². The zero-order valence-corrected chi connectivity index (χ0v) is 11.1. The predicted octanol–water partition coefficient (Wildman–Crippen LogP) is 5.20. The van der Waals surface area contributed by atoms with Crippen LogP contribution in [0.3, 0.4) is 0 Å². The van der Waals surface area contributed by atoms with Crippen molar-refractivity contribution < 1.29 is 0 Å². The molecular formula is C16H28. The van der Waals surface area contributed by atoms with Crippen molar-refractivity contribution in [2.75, 3.05) is 0 Å². The normalized spacial score (nSPS) is 36.5. The van der Waals surface area contributed by atoms with Crippen molar-refractivity contribution in [1.82, 2.24) is 0 Å². The van der Waals surface area contributed by atoms with Gasteiger partial charge in [0.1, 0.15) is 0 Å². The van der Waals surface area contributed by atoms with Crippen molar-refractivity contribution in [3.05, 3.63) is 12.2 Å². The quantitative estimate of drug-likeness (QED) is 0.561. The maximum atomic E-state index is 2.40. The van der Waals surface area contributed by atoms with Crippen molar-refractivity contribution in [2.45, 2.75) is 65.2 Å². The van der Waals surface area contributed by atoms with Gasteiger partial charge in [-0.15, -0.1) is 0 Å². The van der Waals surface area contributed by atoms with Gasteiger partial charge in [0.25, 0.3) is 0 Å². The first-order valence-electron chi connectivity index (χ1n) is 7.49. The molecule has 2 atom stereocenters. The van der Waals surface area contributed by atoms with Gasteiger partial charge in [-0.2, -0.15) is 0 Å². The molecule has 0 N–H and O–H groups in total. The van der Waals surface area contributed by atoms with Gasteiger partial charge in [0.05, 0.1) is 0 Å². The van der Waals surface area contributed by atoms with E-state index >= 15 is 0 Å². The summed E-state index contributed by atoms with van der Waals surface area (Å²) in [6, 6.07) is 0. The summed E-state index contributed by atoms with van der Waals surface area (Å²) < 4.78 is 0. The third-order valence-electron chi connectivity index (χ3n) is 4.96. The molecule has 3 aliphatic rings. The first-order chi connectivity index (χ1) is 7.81. The second-order valence-electron chi connectivity index (χ2n) is 6.09. The molecular weight excluding hydrogens is 192 g/mol. The molecule has 0 radical (unpaired) electrons. The Labute approximate surface area is 102 Å². The molecule has 0 aromatic carbocycles. The fourth-order valence-corrected chi connectivity index (χ4v) is 3.76. The minimum absolute atomic E-state index is 0.958. The summed E-state index contributed by atoms with van der Waals surface area (Å²) in [5.74, 6) is 4.01. The Morgan fingerprint density at radius 3 is 1.81 bits per heavy atom. The smallest absolute Gasteiger partial charge is 0.0202 e. The molecule has 0 aromatic heterocycles. The van der Waals surface area contributed by atoms with Crippen molar-refractivity contribution >= 4 is 0 Å². The lowest BCUT2D eigenvalue weighted by atomic mass is 10.00. The molecule has 0 saturated heterocycles. The van der Waals surface area contributed by atoms with Crippen molar-refractivity contribution in [3.8, 4) is 0 Å². The van der Waals surface area contributed by atoms with Crippen LogP contribution in [0.1, 0.15) is 65.2 Å². The molecule has 3 aliphatic carbocycles. The van der Waals surface area contributed by atoms with E-state index in [1.54, 1.807) is 0 Å². The highest BCUT2D eigenvalue weighted by Crippen LogP contribution is 2.43. The van der Waals surface area contributed by atoms with Gasteiger partial charge in [-0.1, -0.05) is 64.5 Å². The van der Waals surface area contributed by atoms with Crippen LogP contribution in [0.15, 0.2) is 12.2 Å². The van der Waals surface area contributed by atoms with Gasteiger partial charge in [0.15, 0.2) is 0 Å². The molecule has 0 spiro atoms. The van der Waals surface area contributed by atoms with E-state index in [2.05, 4.69) is 26.0 Å². The largest absolute Gasteiger partial charge is 0.0848 e. The molecule has 2 saturated carbocycles. The average molecular weight is 220 g/mol. The van der Waals surface area contributed by atoms with E-state index in [9.17, 15) is 0 Å². The minimum Gasteiger partial charge on any atom is -0.0848 e. The average Bonchev–Trinajstić information content (AvgIpc) is 3.00. The van der Waals surface area contributed by atoms with E-state index in [-0.39, 0.29) is 0 Å². The van der Waals surface area contributed by atoms with Gasteiger partial charge in [-0.3, -0.25) is 0 Å². The van der Waals surface area contributed by atoms with Gasteiger partial charge >= 0.3 is 0 Å². The lowest BCUT2D eigenvalue weighted by molar-refractivity contribution is 0.474. The lowest BCUT2D eigenvalue weighted by Gasteiger charge is -2.05. The Morgan fingerprint density at radius 1 is 0.938 bits per heavy atom. The summed E-state index contributed by atoms with van der Waals surface area (Å²) in [6.45, 7) is 4.67. The van der Waals surface area contributed by atoms with Crippen LogP contribution in [0.4, 0.5) is 0 Å². The molecule has 2 bridgehead atoms. The summed E-state index contributed by atoms with van der Waals surface area (Å²) in [4.78, 5) is 0. The van der Waals surface area contributed by atoms with Crippen LogP contribution in [-0.2, 0) is 0 Å². The predicted molar refractivity (Wildman–Crippen MR) is 71.4 cm³/mol. The number of rotatable bonds is 2. The van der Waals surface area contributed by atoms with Crippen LogP contribution in [0, 0.1) is 23.7 Å². The summed E-state index contributed by atoms with van der Waals surface area (Å²) in [5.41, 5.74) is 0. The minimum atomic E-state index is 0.958. The van der Waals surface area contributed by atoms with Gasteiger partial charge in [0.2, 0.25) is 0 Å². The highest BCUT2D eigenvalue weighted by Gasteiger charge is 2.33. The Hall–Kier alpha value is -0.260. The molecule has 0 amide bonds. The summed E-state index contributed by atoms with van der Waals surface area (Å²) in [5, 5.41) is 0. The third-order valence-corrected chi connectivity index (χ3v) is 4.96. The Morgan fingerprint density at radius 2 is 1.50 bits per heavy atom. The van der Waals surface area contributed by atoms with Gasteiger partial charge in [-0.05, 0) is 36.5 Å². The summed E-state index contributed by atoms with van der Waals surface area (Å²) in [6.07, 6.45) is 16.7. The molecule has 0 heteroatoms. The van der Waals surface area contributed by atoms with Gasteiger partial charge in [0, 0.05) is 0 Å². The van der Waals surface area contributed by atoms with Crippen LogP contribution >= 0.6 is 0 Å². The molecule has 2 unspecified atom stereocenters. The third kappa shape index (κ3) is 2.90. The summed E-state index contributed by atoms with van der Waals surface area (Å²) in [7, 11) is 0. The first-order valence-corrected chi connectivity index (χ1v) is 7.49. The zero-order chi connectivity index (χ0) is 11.4. The van der Waals surface area contributed by atoms with E-state index in [0.29, 0.717) is 0 Å². The summed E-state index contributed by atoms with van der Waals surface area (Å²) >= 11 is 0. The standard InChI is InChI=1S/C8H12.C8H16/c1-6-7-2-3-8(6)5-4-7;1-2-5-8-6-3-4-7-8/h2-3,6-8H,4-5H2,1H3;8H,2-7H2,1H3. The van der Waals surface area contributed by atoms with Crippen molar-refractivity contribution in [1.29, 1.82) is 0 Å². The second-order valence-corrected chi connectivity index (χ2v) is 6.09. The molecule has 2 fully saturated rings. The molecule has 0 heterocycles. The van der Waals surface area contributed by atoms with E-state index < -0.39 is 0 Å². The maximum Gasteiger partial charge on any atom is -0.0202 e. The van der Waals surface area contributed by atoms with Crippen LogP contribution in [0.2, 0.25) is 0 Å². The van der Waals surface area contributed by atoms with E-state index in [1.807, 2.05) is 0 Å². The van der Waals surface area contributed by atoms with Crippen LogP contribution in [0.5, 0.6) is 0 Å². The highest BCUT2D eigenvalue weighted by atomic mass is 14.4. The van der Waals surface area contributed by atoms with Crippen LogP contribution in [0.25, 0.3) is 0 Å². The van der Waals surface area contributed by atoms with E-state index in [4.69, 9.17) is 0 Å². The number of hydrogen-bond acceptors (Lipinski definition) is 0. The fraction of sp³-hybridized carbons (Fsp3) is 0.875. The second kappa shape index (κ2) is 5.89. The Kier molecular flexibility index (Phi) is 4.49. The van der Waals surface area contributed by atoms with Gasteiger partial charge < -0.3 is 0 Å². The van der Waals surface area contributed by atoms with Crippen LogP contribution in [-0.4, -0.2) is 0 Å². The lowest BCUT2D eigenvalue weighted by Crippen LogP contribution is -1.99. The monoisotopic (exact) mass is 220 g/mol. The molecule has 0 aliphatic heterocycles. The maximum absolute atomic E-state index is 2.40. The molecule has 0 aromatic rings. The number of fused-ring (bicyclic) bond motifs is 2. The fourth-order valence-electron chi connectivity index (χ4n) is 3.76. The highest BCUT2D eigenvalue weighted by molar-refractivity contribution is 5.10. The van der Waals surface area contributed by atoms with E-state index in [1.165, 1.54) is 51.4 Å². The topological polar surface area (TPSA) is 0 Å². The van der Waals surface area contributed by atoms with Crippen LogP contribution < -0.4 is 0 Å². The SMILES string of the molecule is CC1C2C=CC1CC2.CCCC1CCCC1. The first kappa shape index (κ1) is 12.2. The van der Waals surface area contributed by atoms with Gasteiger partial charge in [-0.25, -0.2) is 0 Å². The Bertz CT molecular complexity index is 208. The molecule has 0 nitrogen and oxygen atoms in total. The molecule has 92 valence electrons. The molecule has 16 heavy (non-hydrogen) atoms. The number of allylic oxidation sites excluding steroid dienone is 2. The molecule has 3 rings (SSSR count).